The Balaban J connectivity index is 1.87. The van der Waals surface area contributed by atoms with Crippen LogP contribution in [0.25, 0.3) is 6.08 Å². The molecule has 23 heavy (non-hydrogen) atoms. The van der Waals surface area contributed by atoms with E-state index in [4.69, 9.17) is 0 Å². The van der Waals surface area contributed by atoms with Crippen molar-refractivity contribution in [1.82, 2.24) is 5.32 Å². The SMILES string of the molecule is CN(C)c1ccc(/C=C2\NC(=O)N(c3ccccc3)C2=O)cc1. The van der Waals surface area contributed by atoms with Crippen molar-refractivity contribution in [2.45, 2.75) is 0 Å². The Bertz CT molecular complexity index is 765. The van der Waals surface area contributed by atoms with Crippen molar-refractivity contribution in [1.29, 1.82) is 0 Å². The molecule has 0 bridgehead atoms. The third-order valence-electron chi connectivity index (χ3n) is 3.61. The zero-order valence-corrected chi connectivity index (χ0v) is 13.0. The minimum atomic E-state index is -0.433. The normalized spacial score (nSPS) is 15.9. The Morgan fingerprint density at radius 2 is 1.61 bits per heavy atom. The first-order chi connectivity index (χ1) is 11.1. The van der Waals surface area contributed by atoms with E-state index in [9.17, 15) is 9.59 Å². The molecule has 5 nitrogen and oxygen atoms in total. The fourth-order valence-electron chi connectivity index (χ4n) is 2.38. The number of benzene rings is 2. The molecule has 5 heteroatoms. The van der Waals surface area contributed by atoms with Crippen LogP contribution in [-0.2, 0) is 4.79 Å². The second-order valence-corrected chi connectivity index (χ2v) is 5.45. The number of rotatable bonds is 3. The van der Waals surface area contributed by atoms with Gasteiger partial charge in [0.1, 0.15) is 5.70 Å². The standard InChI is InChI=1S/C18H17N3O2/c1-20(2)14-10-8-13(9-11-14)12-16-17(22)21(18(23)19-16)15-6-4-3-5-7-15/h3-12H,1-2H3,(H,19,23)/b16-12-. The number of hydrogen-bond donors (Lipinski definition) is 1. The van der Waals surface area contributed by atoms with Gasteiger partial charge in [-0.3, -0.25) is 4.79 Å². The third kappa shape index (κ3) is 2.94. The summed E-state index contributed by atoms with van der Waals surface area (Å²) in [7, 11) is 3.93. The highest BCUT2D eigenvalue weighted by molar-refractivity contribution is 6.28. The summed E-state index contributed by atoms with van der Waals surface area (Å²) in [4.78, 5) is 27.7. The number of para-hydroxylation sites is 1. The zero-order valence-electron chi connectivity index (χ0n) is 13.0. The summed E-state index contributed by atoms with van der Waals surface area (Å²) in [6.07, 6.45) is 1.68. The highest BCUT2D eigenvalue weighted by atomic mass is 16.2. The van der Waals surface area contributed by atoms with Crippen molar-refractivity contribution in [3.8, 4) is 0 Å². The van der Waals surface area contributed by atoms with E-state index >= 15 is 0 Å². The molecule has 0 aromatic heterocycles. The number of carbonyl (C=O) groups excluding carboxylic acids is 2. The lowest BCUT2D eigenvalue weighted by Crippen LogP contribution is -2.30. The number of nitrogens with one attached hydrogen (secondary N) is 1. The lowest BCUT2D eigenvalue weighted by atomic mass is 10.1. The van der Waals surface area contributed by atoms with Gasteiger partial charge in [-0.25, -0.2) is 9.69 Å². The molecule has 1 aliphatic heterocycles. The number of imide groups is 1. The Hall–Kier alpha value is -3.08. The summed E-state index contributed by atoms with van der Waals surface area (Å²) in [5.74, 6) is -0.349. The fourth-order valence-corrected chi connectivity index (χ4v) is 2.38. The van der Waals surface area contributed by atoms with E-state index in [0.29, 0.717) is 5.69 Å². The maximum Gasteiger partial charge on any atom is 0.333 e. The van der Waals surface area contributed by atoms with Gasteiger partial charge in [-0.1, -0.05) is 30.3 Å². The summed E-state index contributed by atoms with van der Waals surface area (Å²) in [6, 6.07) is 16.2. The highest BCUT2D eigenvalue weighted by Gasteiger charge is 2.34. The molecule has 1 aliphatic rings. The first-order valence-electron chi connectivity index (χ1n) is 7.26. The van der Waals surface area contributed by atoms with E-state index in [2.05, 4.69) is 5.32 Å². The van der Waals surface area contributed by atoms with E-state index in [1.807, 2.05) is 49.3 Å². The zero-order chi connectivity index (χ0) is 16.4. The van der Waals surface area contributed by atoms with Crippen LogP contribution in [0.2, 0.25) is 0 Å². The van der Waals surface area contributed by atoms with Crippen molar-refractivity contribution >= 4 is 29.4 Å². The molecule has 1 saturated heterocycles. The van der Waals surface area contributed by atoms with Gasteiger partial charge in [-0.2, -0.15) is 0 Å². The van der Waals surface area contributed by atoms with Crippen LogP contribution < -0.4 is 15.1 Å². The van der Waals surface area contributed by atoms with Gasteiger partial charge in [0, 0.05) is 19.8 Å². The summed E-state index contributed by atoms with van der Waals surface area (Å²) in [5.41, 5.74) is 2.76. The molecule has 1 fully saturated rings. The smallest absolute Gasteiger partial charge is 0.333 e. The van der Waals surface area contributed by atoms with E-state index < -0.39 is 6.03 Å². The lowest BCUT2D eigenvalue weighted by Gasteiger charge is -2.12. The predicted molar refractivity (Wildman–Crippen MR) is 91.2 cm³/mol. The van der Waals surface area contributed by atoms with Crippen LogP contribution in [-0.4, -0.2) is 26.0 Å². The molecule has 1 N–H and O–H groups in total. The van der Waals surface area contributed by atoms with Crippen LogP contribution in [0.4, 0.5) is 16.2 Å². The lowest BCUT2D eigenvalue weighted by molar-refractivity contribution is -0.113. The molecule has 2 aromatic rings. The van der Waals surface area contributed by atoms with Gasteiger partial charge in [0.05, 0.1) is 5.69 Å². The molecule has 0 atom stereocenters. The van der Waals surface area contributed by atoms with E-state index in [1.54, 1.807) is 30.3 Å². The molecular weight excluding hydrogens is 290 g/mol. The van der Waals surface area contributed by atoms with E-state index in [-0.39, 0.29) is 11.6 Å². The largest absolute Gasteiger partial charge is 0.378 e. The molecule has 0 saturated carbocycles. The average molecular weight is 307 g/mol. The number of amides is 3. The van der Waals surface area contributed by atoms with E-state index in [0.717, 1.165) is 16.2 Å². The molecule has 0 unspecified atom stereocenters. The van der Waals surface area contributed by atoms with Crippen LogP contribution in [0, 0.1) is 0 Å². The number of nitrogens with zero attached hydrogens (tertiary/aromatic N) is 2. The van der Waals surface area contributed by atoms with Gasteiger partial charge in [0.2, 0.25) is 0 Å². The summed E-state index contributed by atoms with van der Waals surface area (Å²) >= 11 is 0. The van der Waals surface area contributed by atoms with Crippen molar-refractivity contribution in [3.63, 3.8) is 0 Å². The summed E-state index contributed by atoms with van der Waals surface area (Å²) < 4.78 is 0. The van der Waals surface area contributed by atoms with Crippen molar-refractivity contribution in [3.05, 3.63) is 65.9 Å². The number of carbonyl (C=O) groups is 2. The van der Waals surface area contributed by atoms with Gasteiger partial charge in [-0.05, 0) is 35.9 Å². The molecule has 2 aromatic carbocycles. The maximum atomic E-state index is 12.5. The van der Waals surface area contributed by atoms with Crippen LogP contribution in [0.1, 0.15) is 5.56 Å². The summed E-state index contributed by atoms with van der Waals surface area (Å²) in [6.45, 7) is 0. The van der Waals surface area contributed by atoms with Crippen LogP contribution in [0.5, 0.6) is 0 Å². The Labute approximate surface area is 134 Å². The van der Waals surface area contributed by atoms with Crippen LogP contribution >= 0.6 is 0 Å². The second-order valence-electron chi connectivity index (χ2n) is 5.45. The fraction of sp³-hybridized carbons (Fsp3) is 0.111. The van der Waals surface area contributed by atoms with Gasteiger partial charge in [0.25, 0.3) is 5.91 Å². The first-order valence-corrected chi connectivity index (χ1v) is 7.26. The maximum absolute atomic E-state index is 12.5. The van der Waals surface area contributed by atoms with Gasteiger partial charge in [-0.15, -0.1) is 0 Å². The topological polar surface area (TPSA) is 52.7 Å². The molecule has 0 aliphatic carbocycles. The second kappa shape index (κ2) is 5.96. The van der Waals surface area contributed by atoms with Gasteiger partial charge in [0.15, 0.2) is 0 Å². The number of hydrogen-bond acceptors (Lipinski definition) is 3. The predicted octanol–water partition coefficient (Wildman–Crippen LogP) is 2.85. The van der Waals surface area contributed by atoms with Crippen LogP contribution in [0.15, 0.2) is 60.3 Å². The van der Waals surface area contributed by atoms with Crippen LogP contribution in [0.3, 0.4) is 0 Å². The third-order valence-corrected chi connectivity index (χ3v) is 3.61. The molecule has 1 heterocycles. The molecule has 0 radical (unpaired) electrons. The average Bonchev–Trinajstić information content (AvgIpc) is 2.82. The monoisotopic (exact) mass is 307 g/mol. The number of anilines is 2. The highest BCUT2D eigenvalue weighted by Crippen LogP contribution is 2.22. The van der Waals surface area contributed by atoms with Crippen molar-refractivity contribution in [2.24, 2.45) is 0 Å². The summed E-state index contributed by atoms with van der Waals surface area (Å²) in [5, 5.41) is 2.63. The van der Waals surface area contributed by atoms with E-state index in [1.165, 1.54) is 0 Å². The molecule has 3 amide bonds. The number of urea groups is 1. The van der Waals surface area contributed by atoms with Crippen molar-refractivity contribution < 1.29 is 9.59 Å². The minimum Gasteiger partial charge on any atom is -0.378 e. The minimum absolute atomic E-state index is 0.274. The molecule has 3 rings (SSSR count). The van der Waals surface area contributed by atoms with Crippen molar-refractivity contribution in [2.75, 3.05) is 23.9 Å². The van der Waals surface area contributed by atoms with Gasteiger partial charge >= 0.3 is 6.03 Å². The Morgan fingerprint density at radius 1 is 0.957 bits per heavy atom. The molecule has 116 valence electrons. The molecule has 0 spiro atoms. The Kier molecular flexibility index (Phi) is 3.85. The van der Waals surface area contributed by atoms with Gasteiger partial charge < -0.3 is 10.2 Å². The molecular formula is C18H17N3O2. The quantitative estimate of drug-likeness (QED) is 0.701. The first kappa shape index (κ1) is 14.8. The Morgan fingerprint density at radius 3 is 2.22 bits per heavy atom.